The molecule has 4 fully saturated rings. The van der Waals surface area contributed by atoms with Gasteiger partial charge in [0.15, 0.2) is 0 Å². The molecular weight excluding hydrogens is 980 g/mol. The molecule has 1 atom stereocenters. The van der Waals surface area contributed by atoms with Gasteiger partial charge in [0.2, 0.25) is 23.7 Å². The molecule has 3 N–H and O–H groups in total. The molecule has 0 spiro atoms. The number of methoxy groups -OCH3 is 1. The highest BCUT2D eigenvalue weighted by Crippen LogP contribution is 2.54. The number of imide groups is 1. The smallest absolute Gasteiger partial charge is 0.249 e. The number of hydrogen-bond donors (Lipinski definition) is 3. The minimum Gasteiger partial charge on any atom is -0.494 e. The van der Waals surface area contributed by atoms with Crippen molar-refractivity contribution in [2.75, 3.05) is 85.7 Å². The third kappa shape index (κ3) is 9.69. The van der Waals surface area contributed by atoms with Crippen LogP contribution in [0.2, 0.25) is 0 Å². The Bertz CT molecular complexity index is 2920. The zero-order valence-corrected chi connectivity index (χ0v) is 44.1. The van der Waals surface area contributed by atoms with E-state index < -0.39 is 24.5 Å². The topological polar surface area (TPSA) is 165 Å². The van der Waals surface area contributed by atoms with E-state index in [1.54, 1.807) is 18.2 Å². The lowest BCUT2D eigenvalue weighted by Gasteiger charge is -2.43. The number of halogens is 1. The lowest BCUT2D eigenvalue weighted by Crippen LogP contribution is -2.55. The second-order valence-electron chi connectivity index (χ2n) is 20.4. The predicted molar refractivity (Wildman–Crippen MR) is 286 cm³/mol. The van der Waals surface area contributed by atoms with Gasteiger partial charge in [-0.25, -0.2) is 4.98 Å². The average Bonchev–Trinajstić information content (AvgIpc) is 3.91. The fourth-order valence-corrected chi connectivity index (χ4v) is 15.2. The molecule has 5 aromatic rings. The van der Waals surface area contributed by atoms with Crippen molar-refractivity contribution in [3.63, 3.8) is 0 Å². The van der Waals surface area contributed by atoms with Crippen molar-refractivity contribution < 1.29 is 23.7 Å². The molecule has 5 aliphatic rings. The number of carbonyl (C=O) groups excluding carboxylic acids is 3. The lowest BCUT2D eigenvalue weighted by molar-refractivity contribution is -0.136. The number of rotatable bonds is 14. The van der Waals surface area contributed by atoms with Crippen molar-refractivity contribution in [1.82, 2.24) is 30.1 Å². The van der Waals surface area contributed by atoms with Gasteiger partial charge in [-0.3, -0.25) is 34.5 Å². The second kappa shape index (κ2) is 20.2. The summed E-state index contributed by atoms with van der Waals surface area (Å²) in [4.78, 5) is 62.1. The summed E-state index contributed by atoms with van der Waals surface area (Å²) in [7, 11) is -0.940. The molecule has 3 amide bonds. The Kier molecular flexibility index (Phi) is 14.0. The number of fused-ring (bicyclic) bond motifs is 2. The van der Waals surface area contributed by atoms with Crippen molar-refractivity contribution >= 4 is 91.5 Å². The minimum absolute atomic E-state index is 0.0925. The highest BCUT2D eigenvalue weighted by molar-refractivity contribution is 9.10. The van der Waals surface area contributed by atoms with Gasteiger partial charge < -0.3 is 29.7 Å². The Balaban J connectivity index is 0.755. The number of amides is 3. The number of aryl methyl sites for hydroxylation is 2. The summed E-state index contributed by atoms with van der Waals surface area (Å²) in [6, 6.07) is 18.6. The molecule has 5 aliphatic heterocycles. The summed E-state index contributed by atoms with van der Waals surface area (Å²) in [5, 5.41) is 11.2. The van der Waals surface area contributed by atoms with E-state index >= 15 is 0 Å². The molecule has 17 heteroatoms. The number of carbonyl (C=O) groups is 3. The van der Waals surface area contributed by atoms with E-state index in [0.717, 1.165) is 141 Å². The van der Waals surface area contributed by atoms with E-state index in [4.69, 9.17) is 14.7 Å². The Morgan fingerprint density at radius 3 is 2.35 bits per heavy atom. The number of pyridine rings is 1. The van der Waals surface area contributed by atoms with Gasteiger partial charge in [0.05, 0.1) is 33.9 Å². The van der Waals surface area contributed by atoms with Crippen LogP contribution in [-0.2, 0) is 43.6 Å². The molecule has 2 aromatic heterocycles. The maximum atomic E-state index is 14.5. The molecule has 1 unspecified atom stereocenters. The van der Waals surface area contributed by atoms with Gasteiger partial charge in [0, 0.05) is 111 Å². The van der Waals surface area contributed by atoms with Crippen molar-refractivity contribution in [1.29, 1.82) is 0 Å². The van der Waals surface area contributed by atoms with Crippen LogP contribution in [-0.4, -0.2) is 120 Å². The molecule has 4 saturated heterocycles. The largest absolute Gasteiger partial charge is 0.494 e. The summed E-state index contributed by atoms with van der Waals surface area (Å²) in [5.74, 6) is 0.937. The number of anilines is 6. The van der Waals surface area contributed by atoms with Crippen LogP contribution in [0.4, 0.5) is 34.5 Å². The fourth-order valence-electron chi connectivity index (χ4n) is 11.6. The Morgan fingerprint density at radius 1 is 0.859 bits per heavy atom. The first-order chi connectivity index (χ1) is 34.3. The van der Waals surface area contributed by atoms with Crippen molar-refractivity contribution in [3.05, 3.63) is 87.7 Å². The standard InChI is InChI=1S/C54H66BrN10O5P/c1-6-35-31-43(59-53-56-33-40(55)50(61-53)58-42-14-13-41-38(12-11-36(7-2)57-41)49(42)71(69)28-8-9-29-71)47(70-5)32-46(35)64-22-19-37(20-23-64)63-26-24-62(25-27-63)21-18-34-10-15-44-39(30-34)54(3,4)52(68)65(44)45-16-17-48(66)60-51(45)67/h10-15,30-33,37,45H,6-9,16-29H2,1-5H3,(H,60,66,67)(H2,56,58,59,61). The molecule has 3 aromatic carbocycles. The Morgan fingerprint density at radius 2 is 1.63 bits per heavy atom. The van der Waals surface area contributed by atoms with Gasteiger partial charge in [-0.2, -0.15) is 4.98 Å². The second-order valence-corrected chi connectivity index (χ2v) is 24.3. The molecule has 0 radical (unpaired) electrons. The molecule has 374 valence electrons. The lowest BCUT2D eigenvalue weighted by atomic mass is 9.85. The van der Waals surface area contributed by atoms with Crippen LogP contribution in [0, 0.1) is 0 Å². The number of aromatic nitrogens is 3. The molecule has 71 heavy (non-hydrogen) atoms. The monoisotopic (exact) mass is 1040 g/mol. The van der Waals surface area contributed by atoms with E-state index in [2.05, 4.69) is 95.7 Å². The number of piperidine rings is 2. The first-order valence-electron chi connectivity index (χ1n) is 25.6. The van der Waals surface area contributed by atoms with Crippen LogP contribution in [0.3, 0.4) is 0 Å². The van der Waals surface area contributed by atoms with E-state index in [1.165, 1.54) is 16.8 Å². The number of nitrogens with zero attached hydrogens (tertiary/aromatic N) is 7. The molecule has 7 heterocycles. The van der Waals surface area contributed by atoms with Crippen LogP contribution >= 0.6 is 23.1 Å². The number of benzene rings is 3. The summed E-state index contributed by atoms with van der Waals surface area (Å²) in [5.41, 5.74) is 8.06. The predicted octanol–water partition coefficient (Wildman–Crippen LogP) is 8.45. The number of nitrogens with one attached hydrogen (secondary N) is 3. The van der Waals surface area contributed by atoms with Crippen LogP contribution in [0.15, 0.2) is 65.3 Å². The van der Waals surface area contributed by atoms with E-state index in [-0.39, 0.29) is 18.2 Å². The normalized spacial score (nSPS) is 20.6. The number of ether oxygens (including phenoxy) is 1. The third-order valence-corrected chi connectivity index (χ3v) is 19.7. The molecule has 0 aliphatic carbocycles. The zero-order valence-electron chi connectivity index (χ0n) is 41.7. The summed E-state index contributed by atoms with van der Waals surface area (Å²) in [6.45, 7) is 15.2. The molecule has 0 saturated carbocycles. The van der Waals surface area contributed by atoms with Gasteiger partial charge >= 0.3 is 0 Å². The number of hydrogen-bond acceptors (Lipinski definition) is 13. The third-order valence-electron chi connectivity index (χ3n) is 15.7. The van der Waals surface area contributed by atoms with E-state index in [9.17, 15) is 18.9 Å². The first kappa shape index (κ1) is 49.2. The molecule has 15 nitrogen and oxygen atoms in total. The average molecular weight is 1050 g/mol. The summed E-state index contributed by atoms with van der Waals surface area (Å²) < 4.78 is 21.3. The van der Waals surface area contributed by atoms with E-state index in [0.29, 0.717) is 41.0 Å². The van der Waals surface area contributed by atoms with Gasteiger partial charge in [-0.1, -0.05) is 32.0 Å². The number of piperazine rings is 1. The fraction of sp³-hybridized carbons (Fsp3) is 0.481. The van der Waals surface area contributed by atoms with Crippen LogP contribution in [0.1, 0.15) is 88.6 Å². The SMILES string of the molecule is CCc1ccc2c(P3(=O)CCCC3)c(Nc3nc(Nc4cc(CC)c(N5CCC(N6CCN(CCc7ccc8c(c7)C(C)(C)C(=O)N8C7CCC(=O)NC7=O)CC6)CC5)cc4OC)ncc3Br)ccc2n1. The molecule has 10 rings (SSSR count). The highest BCUT2D eigenvalue weighted by atomic mass is 79.9. The summed E-state index contributed by atoms with van der Waals surface area (Å²) in [6.07, 6.45) is 10.4. The Hall–Kier alpha value is -5.41. The first-order valence-corrected chi connectivity index (χ1v) is 28.4. The van der Waals surface area contributed by atoms with Crippen LogP contribution in [0.5, 0.6) is 5.75 Å². The van der Waals surface area contributed by atoms with Gasteiger partial charge in [0.25, 0.3) is 0 Å². The van der Waals surface area contributed by atoms with E-state index in [1.807, 2.05) is 38.1 Å². The van der Waals surface area contributed by atoms with Gasteiger partial charge in [0.1, 0.15) is 24.8 Å². The van der Waals surface area contributed by atoms with Crippen molar-refractivity contribution in [3.8, 4) is 5.75 Å². The zero-order chi connectivity index (χ0) is 49.6. The van der Waals surface area contributed by atoms with Crippen molar-refractivity contribution in [2.45, 2.75) is 103 Å². The maximum absolute atomic E-state index is 14.5. The Labute approximate surface area is 425 Å². The van der Waals surface area contributed by atoms with Crippen molar-refractivity contribution in [2.24, 2.45) is 0 Å². The highest BCUT2D eigenvalue weighted by Gasteiger charge is 2.49. The maximum Gasteiger partial charge on any atom is 0.249 e. The van der Waals surface area contributed by atoms with Crippen LogP contribution in [0.25, 0.3) is 10.9 Å². The van der Waals surface area contributed by atoms with Gasteiger partial charge in [-0.05, 0) is 128 Å². The molecule has 0 bridgehead atoms. The van der Waals surface area contributed by atoms with Crippen LogP contribution < -0.4 is 35.8 Å². The van der Waals surface area contributed by atoms with Gasteiger partial charge in [-0.15, -0.1) is 0 Å². The quantitative estimate of drug-likeness (QED) is 0.0718. The molecular formula is C54H66BrN10O5P. The minimum atomic E-state index is -2.64. The summed E-state index contributed by atoms with van der Waals surface area (Å²) >= 11 is 3.68.